The van der Waals surface area contributed by atoms with E-state index in [1.165, 1.54) is 0 Å². The third kappa shape index (κ3) is 3.62. The molecule has 2 aromatic rings. The van der Waals surface area contributed by atoms with Crippen LogP contribution in [0.3, 0.4) is 0 Å². The number of rotatable bonds is 3. The molecule has 1 aliphatic rings. The number of aliphatic hydroxyl groups excluding tert-OH is 1. The Morgan fingerprint density at radius 2 is 2.12 bits per heavy atom. The van der Waals surface area contributed by atoms with Gasteiger partial charge in [-0.25, -0.2) is 14.8 Å². The Kier molecular flexibility index (Phi) is 4.47. The molecule has 8 heteroatoms. The zero-order valence-electron chi connectivity index (χ0n) is 14.4. The molecule has 0 saturated carbocycles. The van der Waals surface area contributed by atoms with E-state index in [-0.39, 0.29) is 18.0 Å². The highest BCUT2D eigenvalue weighted by Gasteiger charge is 2.47. The third-order valence-electron chi connectivity index (χ3n) is 4.08. The van der Waals surface area contributed by atoms with Gasteiger partial charge in [-0.2, -0.15) is 0 Å². The van der Waals surface area contributed by atoms with Crippen LogP contribution in [-0.2, 0) is 10.3 Å². The highest BCUT2D eigenvalue weighted by molar-refractivity contribution is 6.28. The zero-order valence-corrected chi connectivity index (χ0v) is 15.2. The highest BCUT2D eigenvalue weighted by Crippen LogP contribution is 2.32. The number of aromatic nitrogens is 3. The molecule has 3 rings (SSSR count). The smallest absolute Gasteiger partial charge is 0.410 e. The van der Waals surface area contributed by atoms with Crippen molar-refractivity contribution >= 4 is 17.7 Å². The molecule has 0 unspecified atom stereocenters. The second-order valence-electron chi connectivity index (χ2n) is 7.24. The summed E-state index contributed by atoms with van der Waals surface area (Å²) < 4.78 is 7.28. The van der Waals surface area contributed by atoms with Crippen molar-refractivity contribution < 1.29 is 14.6 Å². The van der Waals surface area contributed by atoms with Gasteiger partial charge in [0.2, 0.25) is 5.28 Å². The van der Waals surface area contributed by atoms with E-state index < -0.39 is 11.1 Å². The van der Waals surface area contributed by atoms with Crippen molar-refractivity contribution in [1.82, 2.24) is 19.4 Å². The van der Waals surface area contributed by atoms with E-state index in [0.29, 0.717) is 18.8 Å². The predicted molar refractivity (Wildman–Crippen MR) is 93.3 cm³/mol. The number of ether oxygens (including phenoxy) is 1. The van der Waals surface area contributed by atoms with Gasteiger partial charge in [-0.1, -0.05) is 0 Å². The van der Waals surface area contributed by atoms with E-state index >= 15 is 0 Å². The van der Waals surface area contributed by atoms with Crippen molar-refractivity contribution in [3.63, 3.8) is 0 Å². The summed E-state index contributed by atoms with van der Waals surface area (Å²) >= 11 is 5.84. The Morgan fingerprint density at radius 3 is 2.72 bits per heavy atom. The van der Waals surface area contributed by atoms with Crippen LogP contribution in [0.4, 0.5) is 4.79 Å². The molecule has 0 aromatic carbocycles. The Labute approximate surface area is 151 Å². The van der Waals surface area contributed by atoms with Gasteiger partial charge in [0, 0.05) is 24.2 Å². The van der Waals surface area contributed by atoms with Gasteiger partial charge in [-0.05, 0) is 44.5 Å². The fraction of sp³-hybridized carbons (Fsp3) is 0.471. The Hall–Kier alpha value is -2.12. The molecule has 1 N–H and O–H groups in total. The van der Waals surface area contributed by atoms with Crippen LogP contribution >= 0.6 is 11.6 Å². The summed E-state index contributed by atoms with van der Waals surface area (Å²) in [6.45, 7) is 6.18. The normalized spacial score (nSPS) is 16.4. The fourth-order valence-corrected chi connectivity index (χ4v) is 2.95. The molecule has 134 valence electrons. The van der Waals surface area contributed by atoms with Crippen molar-refractivity contribution in [1.29, 1.82) is 0 Å². The van der Waals surface area contributed by atoms with Crippen molar-refractivity contribution in [2.45, 2.75) is 31.9 Å². The quantitative estimate of drug-likeness (QED) is 0.846. The highest BCUT2D eigenvalue weighted by atomic mass is 35.5. The molecule has 0 aliphatic carbocycles. The van der Waals surface area contributed by atoms with Crippen LogP contribution in [0.15, 0.2) is 30.7 Å². The largest absolute Gasteiger partial charge is 0.444 e. The van der Waals surface area contributed by atoms with Crippen LogP contribution in [-0.4, -0.2) is 55.9 Å². The average Bonchev–Trinajstić information content (AvgIpc) is 2.95. The minimum Gasteiger partial charge on any atom is -0.444 e. The molecular weight excluding hydrogens is 344 g/mol. The number of nitrogens with zero attached hydrogens (tertiary/aromatic N) is 4. The second-order valence-corrected chi connectivity index (χ2v) is 7.58. The minimum atomic E-state index is -0.550. The predicted octanol–water partition coefficient (Wildman–Crippen LogP) is 2.54. The van der Waals surface area contributed by atoms with Gasteiger partial charge in [-0.15, -0.1) is 0 Å². The van der Waals surface area contributed by atoms with Gasteiger partial charge < -0.3 is 19.3 Å². The Morgan fingerprint density at radius 1 is 1.40 bits per heavy atom. The topological polar surface area (TPSA) is 80.5 Å². The number of carbonyl (C=O) groups excluding carboxylic acids is 1. The molecular formula is C17H21ClN4O3. The second kappa shape index (κ2) is 6.31. The van der Waals surface area contributed by atoms with E-state index in [9.17, 15) is 9.90 Å². The van der Waals surface area contributed by atoms with Crippen molar-refractivity contribution in [3.05, 3.63) is 36.0 Å². The molecule has 1 amide bonds. The molecule has 1 saturated heterocycles. The first-order chi connectivity index (χ1) is 11.7. The summed E-state index contributed by atoms with van der Waals surface area (Å²) in [6.07, 6.45) is 4.98. The number of amides is 1. The lowest BCUT2D eigenvalue weighted by Gasteiger charge is -2.49. The molecule has 1 fully saturated rings. The zero-order chi connectivity index (χ0) is 18.2. The molecule has 2 aromatic heterocycles. The standard InChI is InChI=1S/C17H21ClN4O3/c1-16(2,3)25-15(24)21-9-17(10-21,11-23)22-7-5-12(8-22)13-4-6-19-14(18)20-13/h4-8,23H,9-11H2,1-3H3. The number of hydrogen-bond donors (Lipinski definition) is 1. The first kappa shape index (κ1) is 17.7. The van der Waals surface area contributed by atoms with Crippen LogP contribution in [0, 0.1) is 0 Å². The molecule has 7 nitrogen and oxygen atoms in total. The van der Waals surface area contributed by atoms with Crippen molar-refractivity contribution in [2.24, 2.45) is 0 Å². The van der Waals surface area contributed by atoms with E-state index in [1.807, 2.05) is 43.8 Å². The van der Waals surface area contributed by atoms with Crippen LogP contribution in [0.5, 0.6) is 0 Å². The summed E-state index contributed by atoms with van der Waals surface area (Å²) in [7, 11) is 0. The number of halogens is 1. The van der Waals surface area contributed by atoms with Gasteiger partial charge in [0.25, 0.3) is 0 Å². The number of aliphatic hydroxyl groups is 1. The number of carbonyl (C=O) groups is 1. The van der Waals surface area contributed by atoms with Gasteiger partial charge in [0.05, 0.1) is 25.4 Å². The van der Waals surface area contributed by atoms with Gasteiger partial charge in [-0.3, -0.25) is 0 Å². The lowest BCUT2D eigenvalue weighted by Crippen LogP contribution is -2.66. The average molecular weight is 365 g/mol. The molecule has 3 heterocycles. The van der Waals surface area contributed by atoms with Gasteiger partial charge >= 0.3 is 6.09 Å². The summed E-state index contributed by atoms with van der Waals surface area (Å²) in [4.78, 5) is 21.8. The number of hydrogen-bond acceptors (Lipinski definition) is 5. The molecule has 0 radical (unpaired) electrons. The summed E-state index contributed by atoms with van der Waals surface area (Å²) in [5.41, 5.74) is 0.482. The Bertz CT molecular complexity index is 778. The maximum atomic E-state index is 12.1. The monoisotopic (exact) mass is 364 g/mol. The van der Waals surface area contributed by atoms with Gasteiger partial charge in [0.15, 0.2) is 0 Å². The summed E-state index contributed by atoms with van der Waals surface area (Å²) in [5, 5.41) is 10.1. The minimum absolute atomic E-state index is 0.0784. The lowest BCUT2D eigenvalue weighted by molar-refractivity contribution is -0.0480. The first-order valence-corrected chi connectivity index (χ1v) is 8.36. The molecule has 0 spiro atoms. The van der Waals surface area contributed by atoms with E-state index in [0.717, 1.165) is 5.56 Å². The molecule has 1 aliphatic heterocycles. The fourth-order valence-electron chi connectivity index (χ4n) is 2.80. The van der Waals surface area contributed by atoms with Crippen LogP contribution < -0.4 is 0 Å². The summed E-state index contributed by atoms with van der Waals surface area (Å²) in [6, 6.07) is 3.66. The maximum Gasteiger partial charge on any atom is 0.410 e. The van der Waals surface area contributed by atoms with Crippen LogP contribution in [0.2, 0.25) is 5.28 Å². The van der Waals surface area contributed by atoms with E-state index in [1.54, 1.807) is 17.2 Å². The molecule has 0 bridgehead atoms. The first-order valence-electron chi connectivity index (χ1n) is 7.99. The maximum absolute atomic E-state index is 12.1. The van der Waals surface area contributed by atoms with Crippen molar-refractivity contribution in [3.8, 4) is 11.3 Å². The van der Waals surface area contributed by atoms with Crippen LogP contribution in [0.25, 0.3) is 11.3 Å². The van der Waals surface area contributed by atoms with Crippen molar-refractivity contribution in [2.75, 3.05) is 19.7 Å². The van der Waals surface area contributed by atoms with Crippen LogP contribution in [0.1, 0.15) is 20.8 Å². The number of likely N-dealkylation sites (tertiary alicyclic amines) is 1. The lowest BCUT2D eigenvalue weighted by atomic mass is 9.91. The molecule has 25 heavy (non-hydrogen) atoms. The van der Waals surface area contributed by atoms with E-state index in [4.69, 9.17) is 16.3 Å². The summed E-state index contributed by atoms with van der Waals surface area (Å²) in [5.74, 6) is 0. The molecule has 0 atom stereocenters. The SMILES string of the molecule is CC(C)(C)OC(=O)N1CC(CO)(n2ccc(-c3ccnc(Cl)n3)c2)C1. The van der Waals surface area contributed by atoms with E-state index in [2.05, 4.69) is 9.97 Å². The Balaban J connectivity index is 1.74. The van der Waals surface area contributed by atoms with Gasteiger partial charge in [0.1, 0.15) is 11.1 Å². The third-order valence-corrected chi connectivity index (χ3v) is 4.26.